The van der Waals surface area contributed by atoms with Crippen LogP contribution in [0.4, 0.5) is 4.39 Å². The van der Waals surface area contributed by atoms with E-state index in [0.717, 1.165) is 23.4 Å². The Kier molecular flexibility index (Phi) is 7.10. The van der Waals surface area contributed by atoms with Gasteiger partial charge < -0.3 is 10.1 Å². The summed E-state index contributed by atoms with van der Waals surface area (Å²) in [6, 6.07) is 12.1. The van der Waals surface area contributed by atoms with Crippen LogP contribution in [-0.2, 0) is 14.8 Å². The van der Waals surface area contributed by atoms with Crippen LogP contribution in [0, 0.1) is 11.7 Å². The zero-order valence-corrected chi connectivity index (χ0v) is 18.0. The van der Waals surface area contributed by atoms with Crippen molar-refractivity contribution in [1.29, 1.82) is 0 Å². The molecule has 0 bridgehead atoms. The van der Waals surface area contributed by atoms with Gasteiger partial charge in [0.2, 0.25) is 15.9 Å². The highest BCUT2D eigenvalue weighted by molar-refractivity contribution is 7.89. The number of halogens is 1. The molecule has 0 unspecified atom stereocenters. The summed E-state index contributed by atoms with van der Waals surface area (Å²) in [5.41, 5.74) is 0.971. The first kappa shape index (κ1) is 22.2. The second-order valence-electron chi connectivity index (χ2n) is 7.40. The van der Waals surface area contributed by atoms with Crippen molar-refractivity contribution in [3.8, 4) is 5.75 Å². The maximum absolute atomic E-state index is 13.2. The van der Waals surface area contributed by atoms with Gasteiger partial charge in [0.1, 0.15) is 11.6 Å². The molecule has 2 aromatic carbocycles. The highest BCUT2D eigenvalue weighted by Gasteiger charge is 2.34. The lowest BCUT2D eigenvalue weighted by Crippen LogP contribution is -2.46. The first-order chi connectivity index (χ1) is 14.3. The van der Waals surface area contributed by atoms with Crippen LogP contribution in [0.2, 0.25) is 0 Å². The summed E-state index contributed by atoms with van der Waals surface area (Å²) in [7, 11) is -2.17. The fourth-order valence-corrected chi connectivity index (χ4v) is 5.20. The standard InChI is InChI=1S/C22H27FN2O4S/c1-3-21(16-6-10-19(29-2)11-7-16)24-22(26)17-5-4-14-25(15-17)30(27,28)20-12-8-18(23)9-13-20/h6-13,17,21H,3-5,14-15H2,1-2H3,(H,24,26)/t17-,21+/m0/s1. The predicted molar refractivity (Wildman–Crippen MR) is 112 cm³/mol. The summed E-state index contributed by atoms with van der Waals surface area (Å²) in [4.78, 5) is 12.9. The quantitative estimate of drug-likeness (QED) is 0.724. The maximum Gasteiger partial charge on any atom is 0.243 e. The lowest BCUT2D eigenvalue weighted by atomic mass is 9.97. The van der Waals surface area contributed by atoms with E-state index in [9.17, 15) is 17.6 Å². The molecular formula is C22H27FN2O4S. The topological polar surface area (TPSA) is 75.7 Å². The molecule has 0 radical (unpaired) electrons. The number of nitrogens with zero attached hydrogens (tertiary/aromatic N) is 1. The van der Waals surface area contributed by atoms with Crippen LogP contribution in [0.3, 0.4) is 0 Å². The Morgan fingerprint density at radius 1 is 1.20 bits per heavy atom. The third-order valence-corrected chi connectivity index (χ3v) is 7.33. The Balaban J connectivity index is 1.69. The molecule has 0 aromatic heterocycles. The van der Waals surface area contributed by atoms with Crippen molar-refractivity contribution in [1.82, 2.24) is 9.62 Å². The van der Waals surface area contributed by atoms with Crippen molar-refractivity contribution in [3.05, 3.63) is 59.9 Å². The highest BCUT2D eigenvalue weighted by atomic mass is 32.2. The number of hydrogen-bond acceptors (Lipinski definition) is 4. The zero-order valence-electron chi connectivity index (χ0n) is 17.2. The first-order valence-corrected chi connectivity index (χ1v) is 11.5. The van der Waals surface area contributed by atoms with Crippen molar-refractivity contribution < 1.29 is 22.3 Å². The number of rotatable bonds is 7. The summed E-state index contributed by atoms with van der Waals surface area (Å²) in [5.74, 6) is -0.333. The number of carbonyl (C=O) groups is 1. The highest BCUT2D eigenvalue weighted by Crippen LogP contribution is 2.26. The maximum atomic E-state index is 13.2. The second kappa shape index (κ2) is 9.57. The van der Waals surface area contributed by atoms with Gasteiger partial charge in [0, 0.05) is 13.1 Å². The Morgan fingerprint density at radius 2 is 1.87 bits per heavy atom. The summed E-state index contributed by atoms with van der Waals surface area (Å²) in [6.45, 7) is 2.45. The lowest BCUT2D eigenvalue weighted by molar-refractivity contribution is -0.126. The molecule has 0 saturated carbocycles. The fraction of sp³-hybridized carbons (Fsp3) is 0.409. The Labute approximate surface area is 177 Å². The molecule has 1 heterocycles. The summed E-state index contributed by atoms with van der Waals surface area (Å²) in [5, 5.41) is 3.06. The average Bonchev–Trinajstić information content (AvgIpc) is 2.77. The molecule has 1 aliphatic rings. The van der Waals surface area contributed by atoms with Crippen LogP contribution in [0.5, 0.6) is 5.75 Å². The molecule has 1 N–H and O–H groups in total. The number of amides is 1. The Hall–Kier alpha value is -2.45. The van der Waals surface area contributed by atoms with Gasteiger partial charge >= 0.3 is 0 Å². The summed E-state index contributed by atoms with van der Waals surface area (Å²) in [6.07, 6.45) is 1.93. The van der Waals surface area contributed by atoms with Crippen LogP contribution in [0.15, 0.2) is 53.4 Å². The van der Waals surface area contributed by atoms with E-state index >= 15 is 0 Å². The second-order valence-corrected chi connectivity index (χ2v) is 9.34. The smallest absolute Gasteiger partial charge is 0.243 e. The van der Waals surface area contributed by atoms with Gasteiger partial charge in [-0.2, -0.15) is 4.31 Å². The molecule has 8 heteroatoms. The third-order valence-electron chi connectivity index (χ3n) is 5.45. The monoisotopic (exact) mass is 434 g/mol. The molecule has 162 valence electrons. The number of piperidine rings is 1. The van der Waals surface area contributed by atoms with E-state index in [0.29, 0.717) is 25.8 Å². The van der Waals surface area contributed by atoms with E-state index in [1.807, 2.05) is 31.2 Å². The zero-order chi connectivity index (χ0) is 21.7. The number of nitrogens with one attached hydrogen (secondary N) is 1. The summed E-state index contributed by atoms with van der Waals surface area (Å²) >= 11 is 0. The van der Waals surface area contributed by atoms with Gasteiger partial charge in [-0.25, -0.2) is 12.8 Å². The van der Waals surface area contributed by atoms with Crippen molar-refractivity contribution >= 4 is 15.9 Å². The molecule has 1 amide bonds. The molecule has 6 nitrogen and oxygen atoms in total. The van der Waals surface area contributed by atoms with Crippen molar-refractivity contribution in [3.63, 3.8) is 0 Å². The van der Waals surface area contributed by atoms with Gasteiger partial charge in [-0.3, -0.25) is 4.79 Å². The number of methoxy groups -OCH3 is 1. The molecule has 0 spiro atoms. The van der Waals surface area contributed by atoms with Crippen LogP contribution >= 0.6 is 0 Å². The molecule has 1 saturated heterocycles. The molecule has 3 rings (SSSR count). The first-order valence-electron chi connectivity index (χ1n) is 10.0. The molecule has 1 aliphatic heterocycles. The van der Waals surface area contributed by atoms with E-state index in [4.69, 9.17) is 4.74 Å². The van der Waals surface area contributed by atoms with Crippen molar-refractivity contribution in [2.75, 3.05) is 20.2 Å². The van der Waals surface area contributed by atoms with Crippen LogP contribution < -0.4 is 10.1 Å². The van der Waals surface area contributed by atoms with E-state index in [1.165, 1.54) is 16.4 Å². The van der Waals surface area contributed by atoms with Crippen molar-refractivity contribution in [2.45, 2.75) is 37.1 Å². The Bertz CT molecular complexity index is 962. The van der Waals surface area contributed by atoms with Gasteiger partial charge in [0.15, 0.2) is 0 Å². The van der Waals surface area contributed by atoms with Crippen LogP contribution in [-0.4, -0.2) is 38.8 Å². The minimum atomic E-state index is -3.77. The van der Waals surface area contributed by atoms with Gasteiger partial charge in [0.05, 0.1) is 24.0 Å². The molecule has 30 heavy (non-hydrogen) atoms. The van der Waals surface area contributed by atoms with Crippen molar-refractivity contribution in [2.24, 2.45) is 5.92 Å². The number of carbonyl (C=O) groups excluding carboxylic acids is 1. The number of benzene rings is 2. The lowest BCUT2D eigenvalue weighted by Gasteiger charge is -2.32. The van der Waals surface area contributed by atoms with E-state index in [1.54, 1.807) is 7.11 Å². The molecule has 0 aliphatic carbocycles. The molecule has 2 atom stereocenters. The van der Waals surface area contributed by atoms with Crippen LogP contribution in [0.25, 0.3) is 0 Å². The summed E-state index contributed by atoms with van der Waals surface area (Å²) < 4.78 is 45.4. The predicted octanol–water partition coefficient (Wildman–Crippen LogP) is 3.50. The SMILES string of the molecule is CC[C@@H](NC(=O)[C@H]1CCCN(S(=O)(=O)c2ccc(F)cc2)C1)c1ccc(OC)cc1. The molecule has 2 aromatic rings. The normalized spacial score (nSPS) is 18.6. The van der Waals surface area contributed by atoms with Gasteiger partial charge in [-0.1, -0.05) is 19.1 Å². The third kappa shape index (κ3) is 4.99. The Morgan fingerprint density at radius 3 is 2.47 bits per heavy atom. The average molecular weight is 435 g/mol. The van der Waals surface area contributed by atoms with E-state index < -0.39 is 21.8 Å². The van der Waals surface area contributed by atoms with E-state index in [2.05, 4.69) is 5.32 Å². The van der Waals surface area contributed by atoms with E-state index in [-0.39, 0.29) is 23.4 Å². The van der Waals surface area contributed by atoms with Gasteiger partial charge in [-0.05, 0) is 61.2 Å². The number of hydrogen-bond donors (Lipinski definition) is 1. The minimum absolute atomic E-state index is 0.0367. The molecule has 1 fully saturated rings. The van der Waals surface area contributed by atoms with Gasteiger partial charge in [-0.15, -0.1) is 0 Å². The van der Waals surface area contributed by atoms with Gasteiger partial charge in [0.25, 0.3) is 0 Å². The number of sulfonamides is 1. The largest absolute Gasteiger partial charge is 0.497 e. The minimum Gasteiger partial charge on any atom is -0.497 e. The molecular weight excluding hydrogens is 407 g/mol. The number of ether oxygens (including phenoxy) is 1. The van der Waals surface area contributed by atoms with Crippen LogP contribution in [0.1, 0.15) is 37.8 Å². The fourth-order valence-electron chi connectivity index (χ4n) is 3.68.